The summed E-state index contributed by atoms with van der Waals surface area (Å²) in [5.41, 5.74) is 0.244. The van der Waals surface area contributed by atoms with E-state index in [2.05, 4.69) is 21.2 Å². The number of allylic oxidation sites excluding steroid dienone is 1. The van der Waals surface area contributed by atoms with E-state index in [-0.39, 0.29) is 15.1 Å². The fourth-order valence-electron chi connectivity index (χ4n) is 0.884. The number of hydrogen-bond donors (Lipinski definition) is 1. The van der Waals surface area contributed by atoms with Gasteiger partial charge in [-0.25, -0.2) is 4.39 Å². The van der Waals surface area contributed by atoms with Crippen molar-refractivity contribution in [2.75, 3.05) is 5.32 Å². The predicted molar refractivity (Wildman–Crippen MR) is 62.0 cm³/mol. The topological polar surface area (TPSA) is 59.6 Å². The van der Waals surface area contributed by atoms with Crippen molar-refractivity contribution in [1.82, 2.24) is 0 Å². The van der Waals surface area contributed by atoms with E-state index in [1.54, 1.807) is 12.1 Å². The summed E-state index contributed by atoms with van der Waals surface area (Å²) in [4.78, 5) is 0. The Morgan fingerprint density at radius 2 is 2.06 bits per heavy atom. The zero-order valence-corrected chi connectivity index (χ0v) is 10.1. The van der Waals surface area contributed by atoms with Crippen LogP contribution >= 0.6 is 27.5 Å². The Morgan fingerprint density at radius 1 is 1.44 bits per heavy atom. The van der Waals surface area contributed by atoms with Crippen LogP contribution in [-0.2, 0) is 0 Å². The second-order valence-electron chi connectivity index (χ2n) is 2.68. The van der Waals surface area contributed by atoms with Gasteiger partial charge in [0.1, 0.15) is 23.5 Å². The minimum atomic E-state index is -0.529. The number of halogens is 3. The minimum Gasteiger partial charge on any atom is -0.360 e. The zero-order valence-electron chi connectivity index (χ0n) is 7.76. The van der Waals surface area contributed by atoms with Crippen LogP contribution in [0.3, 0.4) is 0 Å². The van der Waals surface area contributed by atoms with E-state index in [9.17, 15) is 4.39 Å². The fourth-order valence-corrected chi connectivity index (χ4v) is 1.32. The number of anilines is 1. The van der Waals surface area contributed by atoms with Crippen LogP contribution < -0.4 is 5.32 Å². The molecule has 1 aromatic rings. The Kier molecular flexibility index (Phi) is 4.30. The van der Waals surface area contributed by atoms with Gasteiger partial charge in [-0.1, -0.05) is 11.6 Å². The van der Waals surface area contributed by atoms with E-state index >= 15 is 0 Å². The maximum Gasteiger partial charge on any atom is 0.145 e. The molecule has 0 heterocycles. The van der Waals surface area contributed by atoms with E-state index in [0.29, 0.717) is 5.69 Å². The molecule has 0 amide bonds. The van der Waals surface area contributed by atoms with Crippen LogP contribution in [-0.4, -0.2) is 0 Å². The number of benzene rings is 1. The molecule has 1 rings (SSSR count). The number of nitrogens with one attached hydrogen (secondary N) is 1. The first kappa shape index (κ1) is 12.5. The third-order valence-corrected chi connectivity index (χ3v) is 2.94. The average Bonchev–Trinajstić information content (AvgIpc) is 2.27. The molecule has 0 aromatic heterocycles. The highest BCUT2D eigenvalue weighted by Crippen LogP contribution is 2.29. The maximum absolute atomic E-state index is 13.2. The third-order valence-electron chi connectivity index (χ3n) is 1.61. The predicted octanol–water partition coefficient (Wildman–Crippen LogP) is 3.58. The minimum absolute atomic E-state index is 0.112. The van der Waals surface area contributed by atoms with E-state index in [4.69, 9.17) is 22.1 Å². The Bertz CT molecular complexity index is 489. The first-order valence-corrected chi connectivity index (χ1v) is 5.17. The van der Waals surface area contributed by atoms with Crippen LogP contribution in [0.1, 0.15) is 0 Å². The fraction of sp³-hybridized carbons (Fsp3) is 0. The number of rotatable bonds is 2. The average molecular weight is 301 g/mol. The monoisotopic (exact) mass is 299 g/mol. The second-order valence-corrected chi connectivity index (χ2v) is 3.88. The molecule has 0 unspecified atom stereocenters. The van der Waals surface area contributed by atoms with Gasteiger partial charge < -0.3 is 5.32 Å². The van der Waals surface area contributed by atoms with Crippen molar-refractivity contribution in [2.45, 2.75) is 0 Å². The molecule has 0 fully saturated rings. The summed E-state index contributed by atoms with van der Waals surface area (Å²) >= 11 is 8.69. The highest BCUT2D eigenvalue weighted by Gasteiger charge is 2.06. The SMILES string of the molecule is N#CC(C#N)=CNc1cc(F)c(Br)c(Cl)c1. The van der Waals surface area contributed by atoms with Crippen molar-refractivity contribution < 1.29 is 4.39 Å². The van der Waals surface area contributed by atoms with Gasteiger partial charge in [-0.05, 0) is 28.1 Å². The molecule has 6 heteroatoms. The van der Waals surface area contributed by atoms with Crippen molar-refractivity contribution in [1.29, 1.82) is 10.5 Å². The molecule has 0 aliphatic carbocycles. The molecule has 0 bridgehead atoms. The van der Waals surface area contributed by atoms with Gasteiger partial charge >= 0.3 is 0 Å². The van der Waals surface area contributed by atoms with Crippen molar-refractivity contribution in [3.8, 4) is 12.1 Å². The number of nitriles is 2. The lowest BCUT2D eigenvalue weighted by Gasteiger charge is -2.04. The zero-order chi connectivity index (χ0) is 12.1. The summed E-state index contributed by atoms with van der Waals surface area (Å²) in [7, 11) is 0. The van der Waals surface area contributed by atoms with Crippen molar-refractivity contribution >= 4 is 33.2 Å². The highest BCUT2D eigenvalue weighted by molar-refractivity contribution is 9.10. The Balaban J connectivity index is 2.98. The normalized spacial score (nSPS) is 8.81. The highest BCUT2D eigenvalue weighted by atomic mass is 79.9. The Morgan fingerprint density at radius 3 is 2.56 bits per heavy atom. The first-order chi connectivity index (χ1) is 7.58. The summed E-state index contributed by atoms with van der Waals surface area (Å²) in [5, 5.41) is 19.7. The molecular weight excluding hydrogens is 296 g/mol. The molecule has 80 valence electrons. The van der Waals surface area contributed by atoms with Crippen LogP contribution in [0.2, 0.25) is 5.02 Å². The summed E-state index contributed by atoms with van der Waals surface area (Å²) in [6.45, 7) is 0. The molecular formula is C10H4BrClFN3. The lowest BCUT2D eigenvalue weighted by molar-refractivity contribution is 0.622. The van der Waals surface area contributed by atoms with Gasteiger partial charge in [0, 0.05) is 11.9 Å². The lowest BCUT2D eigenvalue weighted by Crippen LogP contribution is -1.91. The molecule has 0 saturated heterocycles. The van der Waals surface area contributed by atoms with Crippen LogP contribution in [0.4, 0.5) is 10.1 Å². The summed E-state index contributed by atoms with van der Waals surface area (Å²) in [5.74, 6) is -0.529. The molecule has 16 heavy (non-hydrogen) atoms. The van der Waals surface area contributed by atoms with Gasteiger partial charge in [-0.2, -0.15) is 10.5 Å². The van der Waals surface area contributed by atoms with E-state index in [0.717, 1.165) is 0 Å². The van der Waals surface area contributed by atoms with E-state index in [1.807, 2.05) is 0 Å². The molecule has 0 spiro atoms. The van der Waals surface area contributed by atoms with Gasteiger partial charge in [-0.15, -0.1) is 0 Å². The molecule has 0 atom stereocenters. The van der Waals surface area contributed by atoms with Gasteiger partial charge in [0.15, 0.2) is 0 Å². The molecule has 0 radical (unpaired) electrons. The molecule has 1 N–H and O–H groups in total. The standard InChI is InChI=1S/C10H4BrClFN3/c11-10-8(12)1-7(2-9(10)13)16-5-6(3-14)4-15/h1-2,5,16H. The van der Waals surface area contributed by atoms with Crippen LogP contribution in [0, 0.1) is 28.5 Å². The summed E-state index contributed by atoms with van der Waals surface area (Å²) in [6, 6.07) is 5.99. The second kappa shape index (κ2) is 5.50. The van der Waals surface area contributed by atoms with Crippen LogP contribution in [0.15, 0.2) is 28.4 Å². The largest absolute Gasteiger partial charge is 0.360 e. The van der Waals surface area contributed by atoms with Crippen LogP contribution in [0.5, 0.6) is 0 Å². The summed E-state index contributed by atoms with van der Waals surface area (Å²) in [6.07, 6.45) is 1.18. The van der Waals surface area contributed by atoms with Crippen molar-refractivity contribution in [3.63, 3.8) is 0 Å². The van der Waals surface area contributed by atoms with Crippen molar-refractivity contribution in [2.24, 2.45) is 0 Å². The van der Waals surface area contributed by atoms with E-state index in [1.165, 1.54) is 18.3 Å². The Labute approximate surface area is 105 Å². The van der Waals surface area contributed by atoms with Crippen LogP contribution in [0.25, 0.3) is 0 Å². The lowest BCUT2D eigenvalue weighted by atomic mass is 10.3. The first-order valence-electron chi connectivity index (χ1n) is 4.00. The molecule has 1 aromatic carbocycles. The summed E-state index contributed by atoms with van der Waals surface area (Å²) < 4.78 is 13.4. The van der Waals surface area contributed by atoms with Crippen molar-refractivity contribution in [3.05, 3.63) is 39.2 Å². The smallest absolute Gasteiger partial charge is 0.145 e. The van der Waals surface area contributed by atoms with Gasteiger partial charge in [0.25, 0.3) is 0 Å². The number of nitrogens with zero attached hydrogens (tertiary/aromatic N) is 2. The maximum atomic E-state index is 13.2. The quantitative estimate of drug-likeness (QED) is 0.671. The molecule has 0 aliphatic heterocycles. The van der Waals surface area contributed by atoms with Gasteiger partial charge in [0.2, 0.25) is 0 Å². The molecule has 0 aliphatic rings. The van der Waals surface area contributed by atoms with Gasteiger partial charge in [-0.3, -0.25) is 0 Å². The van der Waals surface area contributed by atoms with Gasteiger partial charge in [0.05, 0.1) is 9.50 Å². The molecule has 0 saturated carbocycles. The molecule has 3 nitrogen and oxygen atoms in total. The van der Waals surface area contributed by atoms with E-state index < -0.39 is 5.82 Å². The Hall–Kier alpha value is -1.56. The number of hydrogen-bond acceptors (Lipinski definition) is 3. The third kappa shape index (κ3) is 2.96.